The lowest BCUT2D eigenvalue weighted by atomic mass is 9.99. The Labute approximate surface area is 184 Å². The predicted octanol–water partition coefficient (Wildman–Crippen LogP) is 6.23. The van der Waals surface area contributed by atoms with Crippen LogP contribution in [0.4, 0.5) is 16.3 Å². The lowest BCUT2D eigenvalue weighted by Gasteiger charge is -2.11. The maximum absolute atomic E-state index is 12.4. The van der Waals surface area contributed by atoms with Gasteiger partial charge in [0, 0.05) is 0 Å². The molecule has 31 heavy (non-hydrogen) atoms. The highest BCUT2D eigenvalue weighted by Gasteiger charge is 2.11. The van der Waals surface area contributed by atoms with Crippen LogP contribution in [0.1, 0.15) is 16.7 Å². The second kappa shape index (κ2) is 8.24. The van der Waals surface area contributed by atoms with Crippen LogP contribution in [0.3, 0.4) is 0 Å². The van der Waals surface area contributed by atoms with E-state index in [1.54, 1.807) is 6.07 Å². The Kier molecular flexibility index (Phi) is 5.48. The standard InChI is InChI=1S/C24H21ClN4O2/c1-13-5-4-6-18(25)22(13)29-24(31)28-21-12-26-19-8-7-16(11-20(19)27-21)17-9-14(2)23(30)15(3)10-17/h4-12,30H,1-3H3,(H2,27,28,29,31). The summed E-state index contributed by atoms with van der Waals surface area (Å²) < 4.78 is 0. The maximum atomic E-state index is 12.4. The summed E-state index contributed by atoms with van der Waals surface area (Å²) in [6, 6.07) is 14.6. The van der Waals surface area contributed by atoms with Crippen molar-refractivity contribution in [1.82, 2.24) is 9.97 Å². The summed E-state index contributed by atoms with van der Waals surface area (Å²) >= 11 is 6.18. The van der Waals surface area contributed by atoms with Crippen LogP contribution in [0, 0.1) is 20.8 Å². The van der Waals surface area contributed by atoms with Gasteiger partial charge in [-0.15, -0.1) is 0 Å². The normalized spacial score (nSPS) is 10.8. The molecule has 0 atom stereocenters. The number of carbonyl (C=O) groups excluding carboxylic acids is 1. The fraction of sp³-hybridized carbons (Fsp3) is 0.125. The molecule has 0 spiro atoms. The third-order valence-corrected chi connectivity index (χ3v) is 5.38. The van der Waals surface area contributed by atoms with E-state index in [4.69, 9.17) is 11.6 Å². The minimum atomic E-state index is -0.453. The van der Waals surface area contributed by atoms with Gasteiger partial charge in [-0.05, 0) is 78.9 Å². The summed E-state index contributed by atoms with van der Waals surface area (Å²) in [6.07, 6.45) is 1.51. The topological polar surface area (TPSA) is 87.1 Å². The number of halogens is 1. The summed E-state index contributed by atoms with van der Waals surface area (Å²) in [5, 5.41) is 16.0. The number of anilines is 2. The molecule has 0 saturated carbocycles. The molecular weight excluding hydrogens is 412 g/mol. The number of hydrogen-bond donors (Lipinski definition) is 3. The van der Waals surface area contributed by atoms with E-state index in [-0.39, 0.29) is 0 Å². The minimum absolute atomic E-state index is 0.301. The molecule has 7 heteroatoms. The van der Waals surface area contributed by atoms with Gasteiger partial charge in [-0.25, -0.2) is 9.78 Å². The van der Waals surface area contributed by atoms with E-state index >= 15 is 0 Å². The first-order valence-electron chi connectivity index (χ1n) is 9.72. The second-order valence-electron chi connectivity index (χ2n) is 7.43. The monoisotopic (exact) mass is 432 g/mol. The third kappa shape index (κ3) is 4.29. The Morgan fingerprint density at radius 2 is 1.65 bits per heavy atom. The van der Waals surface area contributed by atoms with E-state index in [2.05, 4.69) is 20.6 Å². The van der Waals surface area contributed by atoms with Gasteiger partial charge in [-0.1, -0.05) is 29.8 Å². The smallest absolute Gasteiger partial charge is 0.324 e. The molecule has 1 heterocycles. The molecule has 4 aromatic rings. The van der Waals surface area contributed by atoms with E-state index in [0.29, 0.717) is 33.3 Å². The third-order valence-electron chi connectivity index (χ3n) is 5.07. The van der Waals surface area contributed by atoms with Crippen molar-refractivity contribution in [2.24, 2.45) is 0 Å². The molecule has 3 N–H and O–H groups in total. The number of nitrogens with one attached hydrogen (secondary N) is 2. The molecule has 156 valence electrons. The summed E-state index contributed by atoms with van der Waals surface area (Å²) in [5.74, 6) is 0.625. The van der Waals surface area contributed by atoms with Gasteiger partial charge in [-0.2, -0.15) is 0 Å². The Bertz CT molecular complexity index is 1280. The van der Waals surface area contributed by atoms with Crippen LogP contribution in [-0.2, 0) is 0 Å². The van der Waals surface area contributed by atoms with Crippen LogP contribution < -0.4 is 10.6 Å². The Morgan fingerprint density at radius 3 is 2.35 bits per heavy atom. The number of aryl methyl sites for hydroxylation is 3. The molecule has 0 radical (unpaired) electrons. The SMILES string of the molecule is Cc1cc(-c2ccc3ncc(NC(=O)Nc4c(C)cccc4Cl)nc3c2)cc(C)c1O. The highest BCUT2D eigenvalue weighted by Crippen LogP contribution is 2.30. The number of fused-ring (bicyclic) bond motifs is 1. The zero-order chi connectivity index (χ0) is 22.1. The first-order valence-corrected chi connectivity index (χ1v) is 10.1. The highest BCUT2D eigenvalue weighted by molar-refractivity contribution is 6.34. The Hall–Kier alpha value is -3.64. The summed E-state index contributed by atoms with van der Waals surface area (Å²) in [5.41, 5.74) is 6.30. The lowest BCUT2D eigenvalue weighted by molar-refractivity contribution is 0.262. The molecule has 3 aromatic carbocycles. The molecule has 1 aromatic heterocycles. The quantitative estimate of drug-likeness (QED) is 0.358. The number of benzene rings is 3. The molecule has 6 nitrogen and oxygen atoms in total. The van der Waals surface area contributed by atoms with Crippen molar-refractivity contribution in [2.75, 3.05) is 10.6 Å². The molecule has 0 aliphatic carbocycles. The fourth-order valence-corrected chi connectivity index (χ4v) is 3.69. The number of hydrogen-bond acceptors (Lipinski definition) is 4. The zero-order valence-electron chi connectivity index (χ0n) is 17.3. The first-order chi connectivity index (χ1) is 14.8. The second-order valence-corrected chi connectivity index (χ2v) is 7.84. The minimum Gasteiger partial charge on any atom is -0.507 e. The number of aromatic hydroxyl groups is 1. The number of phenolic OH excluding ortho intramolecular Hbond substituents is 1. The first kappa shape index (κ1) is 20.6. The van der Waals surface area contributed by atoms with Crippen molar-refractivity contribution >= 4 is 40.2 Å². The van der Waals surface area contributed by atoms with Crippen molar-refractivity contribution in [1.29, 1.82) is 0 Å². The van der Waals surface area contributed by atoms with Crippen LogP contribution in [0.25, 0.3) is 22.2 Å². The number of rotatable bonds is 3. The van der Waals surface area contributed by atoms with E-state index in [0.717, 1.165) is 27.8 Å². The van der Waals surface area contributed by atoms with Crippen molar-refractivity contribution in [3.8, 4) is 16.9 Å². The van der Waals surface area contributed by atoms with Gasteiger partial charge in [-0.3, -0.25) is 10.3 Å². The van der Waals surface area contributed by atoms with E-state index in [9.17, 15) is 9.90 Å². The lowest BCUT2D eigenvalue weighted by Crippen LogP contribution is -2.21. The number of amides is 2. The van der Waals surface area contributed by atoms with Crippen LogP contribution in [0.2, 0.25) is 5.02 Å². The molecule has 2 amide bonds. The van der Waals surface area contributed by atoms with Crippen molar-refractivity contribution in [3.63, 3.8) is 0 Å². The van der Waals surface area contributed by atoms with Gasteiger partial charge < -0.3 is 10.4 Å². The van der Waals surface area contributed by atoms with Crippen LogP contribution >= 0.6 is 11.6 Å². The molecule has 0 aliphatic heterocycles. The van der Waals surface area contributed by atoms with E-state index < -0.39 is 6.03 Å². The molecule has 4 rings (SSSR count). The number of aromatic nitrogens is 2. The largest absolute Gasteiger partial charge is 0.507 e. The van der Waals surface area contributed by atoms with Crippen molar-refractivity contribution in [2.45, 2.75) is 20.8 Å². The zero-order valence-corrected chi connectivity index (χ0v) is 18.1. The molecular formula is C24H21ClN4O2. The van der Waals surface area contributed by atoms with Gasteiger partial charge in [0.15, 0.2) is 5.82 Å². The Balaban J connectivity index is 1.61. The number of nitrogens with zero attached hydrogens (tertiary/aromatic N) is 2. The number of phenols is 1. The van der Waals surface area contributed by atoms with Crippen LogP contribution in [0.15, 0.2) is 54.7 Å². The number of urea groups is 1. The Morgan fingerprint density at radius 1 is 0.903 bits per heavy atom. The van der Waals surface area contributed by atoms with Crippen LogP contribution in [-0.4, -0.2) is 21.1 Å². The molecule has 0 unspecified atom stereocenters. The van der Waals surface area contributed by atoms with Gasteiger partial charge in [0.05, 0.1) is 27.9 Å². The van der Waals surface area contributed by atoms with Gasteiger partial charge in [0.2, 0.25) is 0 Å². The van der Waals surface area contributed by atoms with Gasteiger partial charge >= 0.3 is 6.03 Å². The van der Waals surface area contributed by atoms with Gasteiger partial charge in [0.1, 0.15) is 5.75 Å². The summed E-state index contributed by atoms with van der Waals surface area (Å²) in [4.78, 5) is 21.4. The molecule has 0 saturated heterocycles. The molecule has 0 bridgehead atoms. The van der Waals surface area contributed by atoms with Crippen molar-refractivity contribution < 1.29 is 9.90 Å². The molecule has 0 fully saturated rings. The van der Waals surface area contributed by atoms with Crippen molar-refractivity contribution in [3.05, 3.63) is 76.4 Å². The highest BCUT2D eigenvalue weighted by atomic mass is 35.5. The maximum Gasteiger partial charge on any atom is 0.324 e. The predicted molar refractivity (Wildman–Crippen MR) is 125 cm³/mol. The average molecular weight is 433 g/mol. The van der Waals surface area contributed by atoms with E-state index in [1.165, 1.54) is 6.20 Å². The fourth-order valence-electron chi connectivity index (χ4n) is 3.43. The number of para-hydroxylation sites is 1. The summed E-state index contributed by atoms with van der Waals surface area (Å²) in [7, 11) is 0. The average Bonchev–Trinajstić information content (AvgIpc) is 2.74. The van der Waals surface area contributed by atoms with E-state index in [1.807, 2.05) is 63.2 Å². The van der Waals surface area contributed by atoms with Crippen LogP contribution in [0.5, 0.6) is 5.75 Å². The van der Waals surface area contributed by atoms with Gasteiger partial charge in [0.25, 0.3) is 0 Å². The molecule has 0 aliphatic rings. The summed E-state index contributed by atoms with van der Waals surface area (Å²) in [6.45, 7) is 5.60. The number of carbonyl (C=O) groups is 1.